The van der Waals surface area contributed by atoms with Gasteiger partial charge in [-0.25, -0.2) is 9.59 Å². The minimum atomic E-state index is -1.24. The van der Waals surface area contributed by atoms with E-state index >= 15 is 0 Å². The van der Waals surface area contributed by atoms with Crippen molar-refractivity contribution in [3.05, 3.63) is 29.3 Å². The van der Waals surface area contributed by atoms with Gasteiger partial charge in [0.1, 0.15) is 0 Å². The molecule has 0 saturated carbocycles. The van der Waals surface area contributed by atoms with Crippen molar-refractivity contribution in [3.8, 4) is 0 Å². The minimum absolute atomic E-state index is 0.173. The van der Waals surface area contributed by atoms with E-state index in [1.165, 1.54) is 12.1 Å². The van der Waals surface area contributed by atoms with E-state index < -0.39 is 11.9 Å². The van der Waals surface area contributed by atoms with Crippen LogP contribution in [0.1, 0.15) is 33.6 Å². The van der Waals surface area contributed by atoms with Gasteiger partial charge in [-0.05, 0) is 43.6 Å². The Hall–Kier alpha value is -2.41. The predicted molar refractivity (Wildman–Crippen MR) is 74.6 cm³/mol. The van der Waals surface area contributed by atoms with Crippen LogP contribution < -0.4 is 10.6 Å². The Labute approximate surface area is 121 Å². The summed E-state index contributed by atoms with van der Waals surface area (Å²) in [5.41, 5.74) is -0.163. The maximum absolute atomic E-state index is 11.9. The van der Waals surface area contributed by atoms with Gasteiger partial charge in [0, 0.05) is 12.1 Å². The van der Waals surface area contributed by atoms with Crippen LogP contribution in [0.15, 0.2) is 18.2 Å². The first-order valence-corrected chi connectivity index (χ1v) is 6.58. The molecule has 1 atom stereocenters. The van der Waals surface area contributed by atoms with Gasteiger partial charge in [0.15, 0.2) is 0 Å². The lowest BCUT2D eigenvalue weighted by molar-refractivity contribution is -0.117. The second-order valence-corrected chi connectivity index (χ2v) is 5.02. The molecule has 0 aromatic heterocycles. The summed E-state index contributed by atoms with van der Waals surface area (Å²) in [6, 6.07) is 3.56. The van der Waals surface area contributed by atoms with Gasteiger partial charge in [0.25, 0.3) is 0 Å². The van der Waals surface area contributed by atoms with Gasteiger partial charge in [0.2, 0.25) is 5.91 Å². The molecule has 7 nitrogen and oxygen atoms in total. The van der Waals surface area contributed by atoms with E-state index in [-0.39, 0.29) is 28.6 Å². The molecule has 1 aliphatic heterocycles. The number of nitrogens with one attached hydrogen (secondary N) is 2. The Morgan fingerprint density at radius 2 is 1.76 bits per heavy atom. The van der Waals surface area contributed by atoms with E-state index in [1.807, 2.05) is 0 Å². The van der Waals surface area contributed by atoms with Gasteiger partial charge < -0.3 is 20.8 Å². The van der Waals surface area contributed by atoms with E-state index in [2.05, 4.69) is 10.6 Å². The Balaban J connectivity index is 2.12. The van der Waals surface area contributed by atoms with Gasteiger partial charge in [-0.3, -0.25) is 4.79 Å². The first-order chi connectivity index (χ1) is 9.95. The lowest BCUT2D eigenvalue weighted by Gasteiger charge is -2.10. The lowest BCUT2D eigenvalue weighted by atomic mass is 10.0. The monoisotopic (exact) mass is 292 g/mol. The van der Waals surface area contributed by atoms with E-state index in [9.17, 15) is 14.4 Å². The molecule has 4 N–H and O–H groups in total. The number of carbonyl (C=O) groups excluding carboxylic acids is 1. The highest BCUT2D eigenvalue weighted by Crippen LogP contribution is 2.18. The second-order valence-electron chi connectivity index (χ2n) is 5.02. The van der Waals surface area contributed by atoms with Gasteiger partial charge in [-0.15, -0.1) is 0 Å². The number of aromatic carboxylic acids is 2. The van der Waals surface area contributed by atoms with Crippen molar-refractivity contribution in [1.82, 2.24) is 5.32 Å². The standard InChI is InChI=1S/C14H16N2O5/c17-12(3-8-1-2-15-7-8)16-11-5-9(13(18)19)4-10(6-11)14(20)21/h4-6,8,15H,1-3,7H2,(H,16,17)(H,18,19)(H,20,21). The van der Waals surface area contributed by atoms with E-state index in [1.54, 1.807) is 0 Å². The third-order valence-electron chi connectivity index (χ3n) is 3.35. The zero-order valence-electron chi connectivity index (χ0n) is 11.3. The largest absolute Gasteiger partial charge is 0.478 e. The first-order valence-electron chi connectivity index (χ1n) is 6.58. The van der Waals surface area contributed by atoms with E-state index in [4.69, 9.17) is 10.2 Å². The number of carboxylic acids is 2. The molecule has 0 bridgehead atoms. The van der Waals surface area contributed by atoms with Crippen molar-refractivity contribution >= 4 is 23.5 Å². The van der Waals surface area contributed by atoms with Crippen LogP contribution in [0.5, 0.6) is 0 Å². The molecule has 2 rings (SSSR count). The molecule has 1 fully saturated rings. The van der Waals surface area contributed by atoms with Crippen LogP contribution in [0, 0.1) is 5.92 Å². The number of carbonyl (C=O) groups is 3. The normalized spacial score (nSPS) is 17.4. The highest BCUT2D eigenvalue weighted by Gasteiger charge is 2.19. The number of carboxylic acid groups (broad SMARTS) is 2. The lowest BCUT2D eigenvalue weighted by Crippen LogP contribution is -2.19. The summed E-state index contributed by atoms with van der Waals surface area (Å²) >= 11 is 0. The van der Waals surface area contributed by atoms with Gasteiger partial charge in [0.05, 0.1) is 11.1 Å². The molecule has 0 radical (unpaired) electrons. The molecule has 21 heavy (non-hydrogen) atoms. The molecule has 1 aromatic carbocycles. The average Bonchev–Trinajstić information content (AvgIpc) is 2.90. The fraction of sp³-hybridized carbons (Fsp3) is 0.357. The molecule has 1 heterocycles. The summed E-state index contributed by atoms with van der Waals surface area (Å²) in [5, 5.41) is 23.7. The van der Waals surface area contributed by atoms with Crippen molar-refractivity contribution in [2.24, 2.45) is 5.92 Å². The third kappa shape index (κ3) is 4.03. The van der Waals surface area contributed by atoms with Crippen LogP contribution >= 0.6 is 0 Å². The molecule has 7 heteroatoms. The predicted octanol–water partition coefficient (Wildman–Crippen LogP) is 1.02. The van der Waals surface area contributed by atoms with Crippen molar-refractivity contribution in [1.29, 1.82) is 0 Å². The van der Waals surface area contributed by atoms with Crippen LogP contribution in [0.3, 0.4) is 0 Å². The summed E-state index contributed by atoms with van der Waals surface area (Å²) in [7, 11) is 0. The van der Waals surface area contributed by atoms with Gasteiger partial charge >= 0.3 is 11.9 Å². The smallest absolute Gasteiger partial charge is 0.335 e. The third-order valence-corrected chi connectivity index (χ3v) is 3.35. The van der Waals surface area contributed by atoms with Crippen molar-refractivity contribution in [2.45, 2.75) is 12.8 Å². The molecule has 1 amide bonds. The van der Waals surface area contributed by atoms with Crippen LogP contribution in [-0.4, -0.2) is 41.1 Å². The SMILES string of the molecule is O=C(CC1CCNC1)Nc1cc(C(=O)O)cc(C(=O)O)c1. The summed E-state index contributed by atoms with van der Waals surface area (Å²) in [6.45, 7) is 1.67. The second kappa shape index (κ2) is 6.36. The quantitative estimate of drug-likeness (QED) is 0.644. The van der Waals surface area contributed by atoms with Crippen molar-refractivity contribution in [2.75, 3.05) is 18.4 Å². The number of hydrogen-bond donors (Lipinski definition) is 4. The average molecular weight is 292 g/mol. The van der Waals surface area contributed by atoms with E-state index in [0.29, 0.717) is 6.42 Å². The molecular formula is C14H16N2O5. The van der Waals surface area contributed by atoms with Crippen LogP contribution in [0.2, 0.25) is 0 Å². The van der Waals surface area contributed by atoms with Gasteiger partial charge in [-0.1, -0.05) is 0 Å². The zero-order chi connectivity index (χ0) is 15.4. The minimum Gasteiger partial charge on any atom is -0.478 e. The summed E-state index contributed by atoms with van der Waals surface area (Å²) in [4.78, 5) is 33.9. The number of amides is 1. The Morgan fingerprint density at radius 3 is 2.24 bits per heavy atom. The summed E-state index contributed by atoms with van der Waals surface area (Å²) in [6.07, 6.45) is 1.25. The number of anilines is 1. The molecular weight excluding hydrogens is 276 g/mol. The molecule has 0 aliphatic carbocycles. The maximum Gasteiger partial charge on any atom is 0.335 e. The molecule has 1 aliphatic rings. The fourth-order valence-electron chi connectivity index (χ4n) is 2.31. The number of rotatable bonds is 5. The van der Waals surface area contributed by atoms with Crippen LogP contribution in [0.4, 0.5) is 5.69 Å². The highest BCUT2D eigenvalue weighted by molar-refractivity contribution is 5.98. The Kier molecular flexibility index (Phi) is 4.54. The highest BCUT2D eigenvalue weighted by atomic mass is 16.4. The summed E-state index contributed by atoms with van der Waals surface area (Å²) < 4.78 is 0. The van der Waals surface area contributed by atoms with E-state index in [0.717, 1.165) is 25.6 Å². The number of hydrogen-bond acceptors (Lipinski definition) is 4. The molecule has 1 unspecified atom stereocenters. The molecule has 112 valence electrons. The number of benzene rings is 1. The molecule has 1 aromatic rings. The molecule has 0 spiro atoms. The van der Waals surface area contributed by atoms with Crippen LogP contribution in [-0.2, 0) is 4.79 Å². The van der Waals surface area contributed by atoms with Crippen molar-refractivity contribution in [3.63, 3.8) is 0 Å². The first kappa shape index (κ1) is 15.0. The van der Waals surface area contributed by atoms with Gasteiger partial charge in [-0.2, -0.15) is 0 Å². The topological polar surface area (TPSA) is 116 Å². The summed E-state index contributed by atoms with van der Waals surface area (Å²) in [5.74, 6) is -2.48. The Bertz CT molecular complexity index is 546. The maximum atomic E-state index is 11.9. The fourth-order valence-corrected chi connectivity index (χ4v) is 2.31. The van der Waals surface area contributed by atoms with Crippen molar-refractivity contribution < 1.29 is 24.6 Å². The molecule has 1 saturated heterocycles. The zero-order valence-corrected chi connectivity index (χ0v) is 11.3. The Morgan fingerprint density at radius 1 is 1.14 bits per heavy atom. The van der Waals surface area contributed by atoms with Crippen LogP contribution in [0.25, 0.3) is 0 Å².